The number of nitriles is 1. The van der Waals surface area contributed by atoms with Crippen LogP contribution >= 0.6 is 23.2 Å². The summed E-state index contributed by atoms with van der Waals surface area (Å²) in [6.07, 6.45) is 0. The molecule has 4 nitrogen and oxygen atoms in total. The molecule has 1 aromatic carbocycles. The molecule has 1 aromatic heterocycles. The minimum Gasteiger partial charge on any atom is -0.496 e. The van der Waals surface area contributed by atoms with Crippen LogP contribution in [0.15, 0.2) is 24.3 Å². The first kappa shape index (κ1) is 13.5. The van der Waals surface area contributed by atoms with Crippen molar-refractivity contribution in [2.75, 3.05) is 12.8 Å². The fraction of sp³-hybridized carbons (Fsp3) is 0.0769. The van der Waals surface area contributed by atoms with E-state index in [4.69, 9.17) is 38.9 Å². The lowest BCUT2D eigenvalue weighted by Gasteiger charge is -2.11. The fourth-order valence-corrected chi connectivity index (χ4v) is 2.09. The van der Waals surface area contributed by atoms with Crippen LogP contribution in [-0.4, -0.2) is 12.1 Å². The zero-order valence-corrected chi connectivity index (χ0v) is 11.5. The number of benzene rings is 1. The highest BCUT2D eigenvalue weighted by atomic mass is 35.5. The largest absolute Gasteiger partial charge is 0.496 e. The van der Waals surface area contributed by atoms with Crippen molar-refractivity contribution in [2.24, 2.45) is 0 Å². The van der Waals surface area contributed by atoms with E-state index in [0.717, 1.165) is 0 Å². The van der Waals surface area contributed by atoms with E-state index in [1.807, 2.05) is 0 Å². The van der Waals surface area contributed by atoms with Crippen molar-refractivity contribution < 1.29 is 4.74 Å². The molecule has 0 aliphatic carbocycles. The number of ether oxygens (including phenoxy) is 1. The van der Waals surface area contributed by atoms with Crippen molar-refractivity contribution >= 4 is 29.0 Å². The highest BCUT2D eigenvalue weighted by Gasteiger charge is 2.14. The molecule has 2 rings (SSSR count). The van der Waals surface area contributed by atoms with Crippen LogP contribution in [0.1, 0.15) is 5.56 Å². The summed E-state index contributed by atoms with van der Waals surface area (Å²) in [6, 6.07) is 8.53. The number of halogens is 2. The Labute approximate surface area is 120 Å². The molecule has 0 spiro atoms. The first-order valence-electron chi connectivity index (χ1n) is 5.27. The van der Waals surface area contributed by atoms with Gasteiger partial charge in [-0.25, -0.2) is 4.98 Å². The molecule has 2 N–H and O–H groups in total. The van der Waals surface area contributed by atoms with Gasteiger partial charge in [-0.05, 0) is 24.3 Å². The van der Waals surface area contributed by atoms with E-state index >= 15 is 0 Å². The Bertz CT molecular complexity index is 680. The van der Waals surface area contributed by atoms with Crippen molar-refractivity contribution in [1.82, 2.24) is 4.98 Å². The third-order valence-corrected chi connectivity index (χ3v) is 3.13. The van der Waals surface area contributed by atoms with Crippen molar-refractivity contribution in [2.45, 2.75) is 0 Å². The Hall–Kier alpha value is -1.96. The summed E-state index contributed by atoms with van der Waals surface area (Å²) >= 11 is 12.0. The molecule has 0 aliphatic heterocycles. The Morgan fingerprint density at radius 1 is 1.26 bits per heavy atom. The van der Waals surface area contributed by atoms with Crippen LogP contribution < -0.4 is 10.5 Å². The summed E-state index contributed by atoms with van der Waals surface area (Å²) in [6.45, 7) is 0. The van der Waals surface area contributed by atoms with Crippen molar-refractivity contribution in [1.29, 1.82) is 5.26 Å². The van der Waals surface area contributed by atoms with E-state index in [1.165, 1.54) is 13.2 Å². The molecular weight excluding hydrogens is 285 g/mol. The highest BCUT2D eigenvalue weighted by molar-refractivity contribution is 6.37. The van der Waals surface area contributed by atoms with E-state index < -0.39 is 0 Å². The van der Waals surface area contributed by atoms with Gasteiger partial charge in [-0.2, -0.15) is 5.26 Å². The number of nitrogens with zero attached hydrogens (tertiary/aromatic N) is 2. The molecular formula is C13H9Cl2N3O. The third-order valence-electron chi connectivity index (χ3n) is 2.54. The van der Waals surface area contributed by atoms with Gasteiger partial charge in [0, 0.05) is 5.56 Å². The first-order valence-corrected chi connectivity index (χ1v) is 6.02. The molecule has 0 radical (unpaired) electrons. The molecule has 0 amide bonds. The Morgan fingerprint density at radius 2 is 2.00 bits per heavy atom. The number of pyridine rings is 1. The summed E-state index contributed by atoms with van der Waals surface area (Å²) in [5.74, 6) is 0.723. The Kier molecular flexibility index (Phi) is 3.79. The topological polar surface area (TPSA) is 71.9 Å². The van der Waals surface area contributed by atoms with Gasteiger partial charge < -0.3 is 10.5 Å². The lowest BCUT2D eigenvalue weighted by Crippen LogP contribution is -1.97. The zero-order chi connectivity index (χ0) is 14.0. The van der Waals surface area contributed by atoms with Crippen LogP contribution in [0.5, 0.6) is 5.75 Å². The number of aromatic nitrogens is 1. The lowest BCUT2D eigenvalue weighted by molar-refractivity contribution is 0.416. The fourth-order valence-electron chi connectivity index (χ4n) is 1.63. The molecule has 0 atom stereocenters. The lowest BCUT2D eigenvalue weighted by atomic mass is 10.1. The van der Waals surface area contributed by atoms with Crippen molar-refractivity contribution in [3.8, 4) is 23.1 Å². The van der Waals surface area contributed by atoms with Crippen LogP contribution in [-0.2, 0) is 0 Å². The molecule has 0 fully saturated rings. The first-order chi connectivity index (χ1) is 9.06. The van der Waals surface area contributed by atoms with Crippen LogP contribution in [0.2, 0.25) is 10.0 Å². The summed E-state index contributed by atoms with van der Waals surface area (Å²) in [4.78, 5) is 4.15. The van der Waals surface area contributed by atoms with Crippen molar-refractivity contribution in [3.05, 3.63) is 39.9 Å². The van der Waals surface area contributed by atoms with Crippen LogP contribution in [0.4, 0.5) is 5.82 Å². The monoisotopic (exact) mass is 293 g/mol. The van der Waals surface area contributed by atoms with Gasteiger partial charge in [0.05, 0.1) is 34.5 Å². The van der Waals surface area contributed by atoms with Gasteiger partial charge in [-0.3, -0.25) is 0 Å². The minimum atomic E-state index is 0.172. The van der Waals surface area contributed by atoms with Crippen molar-refractivity contribution in [3.63, 3.8) is 0 Å². The molecule has 6 heteroatoms. The average molecular weight is 294 g/mol. The number of hydrogen-bond acceptors (Lipinski definition) is 4. The summed E-state index contributed by atoms with van der Waals surface area (Å²) in [5, 5.41) is 9.57. The smallest absolute Gasteiger partial charge is 0.143 e. The van der Waals surface area contributed by atoms with Crippen LogP contribution in [0, 0.1) is 11.3 Å². The Morgan fingerprint density at radius 3 is 2.63 bits per heavy atom. The van der Waals surface area contributed by atoms with E-state index in [-0.39, 0.29) is 10.8 Å². The maximum absolute atomic E-state index is 8.95. The molecule has 0 saturated carbocycles. The van der Waals surface area contributed by atoms with Crippen LogP contribution in [0.3, 0.4) is 0 Å². The van der Waals surface area contributed by atoms with Gasteiger partial charge in [-0.1, -0.05) is 23.2 Å². The summed E-state index contributed by atoms with van der Waals surface area (Å²) < 4.78 is 5.24. The number of nitrogen functional groups attached to an aromatic ring is 1. The number of hydrogen-bond donors (Lipinski definition) is 1. The van der Waals surface area contributed by atoms with Gasteiger partial charge in [0.2, 0.25) is 0 Å². The molecule has 0 saturated heterocycles. The second-order valence-electron chi connectivity index (χ2n) is 3.71. The maximum atomic E-state index is 8.95. The predicted molar refractivity (Wildman–Crippen MR) is 75.4 cm³/mol. The van der Waals surface area contributed by atoms with Crippen LogP contribution in [0.25, 0.3) is 11.3 Å². The second-order valence-corrected chi connectivity index (χ2v) is 4.53. The van der Waals surface area contributed by atoms with Gasteiger partial charge in [0.25, 0.3) is 0 Å². The molecule has 0 bridgehead atoms. The molecule has 1 heterocycles. The number of anilines is 1. The normalized spacial score (nSPS) is 10.0. The average Bonchev–Trinajstić information content (AvgIpc) is 2.42. The molecule has 19 heavy (non-hydrogen) atoms. The molecule has 96 valence electrons. The minimum absolute atomic E-state index is 0.172. The van der Waals surface area contributed by atoms with Gasteiger partial charge in [-0.15, -0.1) is 0 Å². The SMILES string of the molecule is COc1ccc(C#N)cc1-c1nc(N)c(Cl)cc1Cl. The zero-order valence-electron chi connectivity index (χ0n) is 9.95. The van der Waals surface area contributed by atoms with E-state index in [1.54, 1.807) is 18.2 Å². The van der Waals surface area contributed by atoms with Gasteiger partial charge >= 0.3 is 0 Å². The molecule has 2 aromatic rings. The number of methoxy groups -OCH3 is 1. The standard InChI is InChI=1S/C13H9Cl2N3O/c1-19-11-3-2-7(6-16)4-8(11)12-9(14)5-10(15)13(17)18-12/h2-5H,1H3,(H2,17,18). The molecule has 0 aliphatic rings. The highest BCUT2D eigenvalue weighted by Crippen LogP contribution is 2.36. The number of nitrogens with two attached hydrogens (primary N) is 1. The third kappa shape index (κ3) is 2.58. The predicted octanol–water partition coefficient (Wildman–Crippen LogP) is 3.52. The van der Waals surface area contributed by atoms with Gasteiger partial charge in [0.15, 0.2) is 0 Å². The maximum Gasteiger partial charge on any atom is 0.143 e. The Balaban J connectivity index is 2.70. The van der Waals surface area contributed by atoms with E-state index in [9.17, 15) is 0 Å². The number of rotatable bonds is 2. The molecule has 0 unspecified atom stereocenters. The van der Waals surface area contributed by atoms with E-state index in [2.05, 4.69) is 11.1 Å². The van der Waals surface area contributed by atoms with Gasteiger partial charge in [0.1, 0.15) is 11.6 Å². The summed E-state index contributed by atoms with van der Waals surface area (Å²) in [7, 11) is 1.53. The quantitative estimate of drug-likeness (QED) is 0.919. The summed E-state index contributed by atoms with van der Waals surface area (Å²) in [5.41, 5.74) is 7.18. The van der Waals surface area contributed by atoms with E-state index in [0.29, 0.717) is 27.6 Å². The second kappa shape index (κ2) is 5.35.